The Bertz CT molecular complexity index is 476. The normalized spacial score (nSPS) is 23.7. The molecule has 0 aromatic heterocycles. The molecule has 3 nitrogen and oxygen atoms in total. The van der Waals surface area contributed by atoms with Crippen molar-refractivity contribution in [3.05, 3.63) is 22.7 Å². The third-order valence-electron chi connectivity index (χ3n) is 4.02. The van der Waals surface area contributed by atoms with Crippen molar-refractivity contribution in [3.8, 4) is 11.5 Å². The van der Waals surface area contributed by atoms with Crippen molar-refractivity contribution in [1.29, 1.82) is 0 Å². The van der Waals surface area contributed by atoms with Crippen LogP contribution in [0.4, 0.5) is 0 Å². The summed E-state index contributed by atoms with van der Waals surface area (Å²) in [6.07, 6.45) is 5.69. The van der Waals surface area contributed by atoms with Crippen LogP contribution < -0.4 is 15.2 Å². The number of hydrogen-bond acceptors (Lipinski definition) is 3. The van der Waals surface area contributed by atoms with Crippen molar-refractivity contribution < 1.29 is 9.47 Å². The van der Waals surface area contributed by atoms with Crippen LogP contribution in [0.3, 0.4) is 0 Å². The van der Waals surface area contributed by atoms with Gasteiger partial charge in [0, 0.05) is 6.04 Å². The van der Waals surface area contributed by atoms with E-state index in [-0.39, 0.29) is 12.1 Å². The standard InChI is InChI=1S/C17H26ClNO2/c1-11-5-4-6-14(7-11)21-17-15(18)9-13(8-12(2)19)10-16(17)20-3/h9-12,14H,4-8,19H2,1-3H3. The molecule has 2 rings (SSSR count). The summed E-state index contributed by atoms with van der Waals surface area (Å²) < 4.78 is 11.6. The molecule has 1 aromatic rings. The topological polar surface area (TPSA) is 44.5 Å². The maximum absolute atomic E-state index is 6.41. The van der Waals surface area contributed by atoms with Crippen molar-refractivity contribution in [2.45, 2.75) is 58.1 Å². The lowest BCUT2D eigenvalue weighted by Gasteiger charge is -2.28. The zero-order valence-corrected chi connectivity index (χ0v) is 14.0. The van der Waals surface area contributed by atoms with Crippen LogP contribution >= 0.6 is 11.6 Å². The first kappa shape index (κ1) is 16.4. The SMILES string of the molecule is COc1cc(CC(C)N)cc(Cl)c1OC1CCCC(C)C1. The minimum atomic E-state index is 0.0942. The predicted octanol–water partition coefficient (Wildman–Crippen LogP) is 4.20. The maximum atomic E-state index is 6.41. The van der Waals surface area contributed by atoms with E-state index in [2.05, 4.69) is 6.92 Å². The lowest BCUT2D eigenvalue weighted by molar-refractivity contribution is 0.125. The van der Waals surface area contributed by atoms with Gasteiger partial charge in [0.15, 0.2) is 11.5 Å². The van der Waals surface area contributed by atoms with Crippen LogP contribution in [-0.4, -0.2) is 19.3 Å². The number of methoxy groups -OCH3 is 1. The van der Waals surface area contributed by atoms with E-state index in [0.717, 1.165) is 24.8 Å². The van der Waals surface area contributed by atoms with Crippen molar-refractivity contribution >= 4 is 11.6 Å². The summed E-state index contributed by atoms with van der Waals surface area (Å²) in [4.78, 5) is 0. The Hall–Kier alpha value is -0.930. The second kappa shape index (κ2) is 7.37. The molecule has 1 aliphatic carbocycles. The summed E-state index contributed by atoms with van der Waals surface area (Å²) in [6, 6.07) is 4.02. The molecule has 0 bridgehead atoms. The van der Waals surface area contributed by atoms with Gasteiger partial charge in [-0.05, 0) is 56.2 Å². The summed E-state index contributed by atoms with van der Waals surface area (Å²) in [5, 5.41) is 0.614. The van der Waals surface area contributed by atoms with Gasteiger partial charge in [-0.2, -0.15) is 0 Å². The average molecular weight is 312 g/mol. The molecular formula is C17H26ClNO2. The lowest BCUT2D eigenvalue weighted by atomic mass is 9.89. The van der Waals surface area contributed by atoms with Gasteiger partial charge in [0.1, 0.15) is 0 Å². The number of rotatable bonds is 5. The van der Waals surface area contributed by atoms with Crippen LogP contribution in [0.15, 0.2) is 12.1 Å². The van der Waals surface area contributed by atoms with Gasteiger partial charge in [-0.25, -0.2) is 0 Å². The van der Waals surface area contributed by atoms with Crippen LogP contribution in [0.25, 0.3) is 0 Å². The Labute approximate surface area is 132 Å². The van der Waals surface area contributed by atoms with E-state index in [0.29, 0.717) is 22.4 Å². The molecule has 1 aromatic carbocycles. The molecule has 1 saturated carbocycles. The van der Waals surface area contributed by atoms with E-state index < -0.39 is 0 Å². The van der Waals surface area contributed by atoms with E-state index >= 15 is 0 Å². The van der Waals surface area contributed by atoms with Gasteiger partial charge in [-0.1, -0.05) is 24.9 Å². The van der Waals surface area contributed by atoms with Crippen LogP contribution in [0.2, 0.25) is 5.02 Å². The molecule has 0 radical (unpaired) electrons. The van der Waals surface area contributed by atoms with E-state index in [1.807, 2.05) is 19.1 Å². The Morgan fingerprint density at radius 1 is 1.38 bits per heavy atom. The van der Waals surface area contributed by atoms with Crippen LogP contribution in [0, 0.1) is 5.92 Å². The smallest absolute Gasteiger partial charge is 0.180 e. The van der Waals surface area contributed by atoms with E-state index in [1.54, 1.807) is 7.11 Å². The largest absolute Gasteiger partial charge is 0.493 e. The molecule has 0 amide bonds. The molecule has 3 unspecified atom stereocenters. The zero-order valence-electron chi connectivity index (χ0n) is 13.2. The monoisotopic (exact) mass is 311 g/mol. The minimum absolute atomic E-state index is 0.0942. The number of benzene rings is 1. The van der Waals surface area contributed by atoms with Crippen LogP contribution in [-0.2, 0) is 6.42 Å². The highest BCUT2D eigenvalue weighted by atomic mass is 35.5. The first-order valence-corrected chi connectivity index (χ1v) is 8.16. The summed E-state index contributed by atoms with van der Waals surface area (Å²) in [5.41, 5.74) is 6.93. The van der Waals surface area contributed by atoms with E-state index in [4.69, 9.17) is 26.8 Å². The van der Waals surface area contributed by atoms with Gasteiger partial charge in [0.05, 0.1) is 18.2 Å². The highest BCUT2D eigenvalue weighted by Gasteiger charge is 2.23. The Morgan fingerprint density at radius 3 is 2.76 bits per heavy atom. The van der Waals surface area contributed by atoms with Crippen molar-refractivity contribution in [1.82, 2.24) is 0 Å². The molecule has 0 spiro atoms. The summed E-state index contributed by atoms with van der Waals surface area (Å²) in [6.45, 7) is 4.26. The molecule has 2 N–H and O–H groups in total. The van der Waals surface area contributed by atoms with Crippen molar-refractivity contribution in [2.24, 2.45) is 11.7 Å². The quantitative estimate of drug-likeness (QED) is 0.886. The molecule has 118 valence electrons. The third-order valence-corrected chi connectivity index (χ3v) is 4.30. The molecule has 3 atom stereocenters. The van der Waals surface area contributed by atoms with Crippen LogP contribution in [0.1, 0.15) is 45.1 Å². The zero-order chi connectivity index (χ0) is 15.4. The van der Waals surface area contributed by atoms with Crippen molar-refractivity contribution in [3.63, 3.8) is 0 Å². The highest BCUT2D eigenvalue weighted by Crippen LogP contribution is 2.39. The average Bonchev–Trinajstić information content (AvgIpc) is 2.41. The van der Waals surface area contributed by atoms with Gasteiger partial charge in [0.25, 0.3) is 0 Å². The molecule has 21 heavy (non-hydrogen) atoms. The van der Waals surface area contributed by atoms with Crippen LogP contribution in [0.5, 0.6) is 11.5 Å². The lowest BCUT2D eigenvalue weighted by Crippen LogP contribution is -2.24. The molecule has 0 heterocycles. The fraction of sp³-hybridized carbons (Fsp3) is 0.647. The van der Waals surface area contributed by atoms with E-state index in [1.165, 1.54) is 12.8 Å². The maximum Gasteiger partial charge on any atom is 0.180 e. The Balaban J connectivity index is 2.18. The third kappa shape index (κ3) is 4.52. The molecule has 0 aliphatic heterocycles. The fourth-order valence-corrected chi connectivity index (χ4v) is 3.31. The first-order chi connectivity index (χ1) is 9.99. The summed E-state index contributed by atoms with van der Waals surface area (Å²) in [7, 11) is 1.65. The fourth-order valence-electron chi connectivity index (χ4n) is 3.03. The summed E-state index contributed by atoms with van der Waals surface area (Å²) in [5.74, 6) is 2.09. The molecule has 1 fully saturated rings. The molecular weight excluding hydrogens is 286 g/mol. The van der Waals surface area contributed by atoms with Gasteiger partial charge in [-0.15, -0.1) is 0 Å². The highest BCUT2D eigenvalue weighted by molar-refractivity contribution is 6.32. The molecule has 1 aliphatic rings. The number of ether oxygens (including phenoxy) is 2. The molecule has 4 heteroatoms. The van der Waals surface area contributed by atoms with Gasteiger partial charge in [-0.3, -0.25) is 0 Å². The molecule has 0 saturated heterocycles. The summed E-state index contributed by atoms with van der Waals surface area (Å²) >= 11 is 6.41. The minimum Gasteiger partial charge on any atom is -0.493 e. The first-order valence-electron chi connectivity index (χ1n) is 7.78. The van der Waals surface area contributed by atoms with Crippen molar-refractivity contribution in [2.75, 3.05) is 7.11 Å². The van der Waals surface area contributed by atoms with Gasteiger partial charge < -0.3 is 15.2 Å². The second-order valence-corrected chi connectivity index (χ2v) is 6.71. The predicted molar refractivity (Wildman–Crippen MR) is 87.4 cm³/mol. The Morgan fingerprint density at radius 2 is 2.14 bits per heavy atom. The van der Waals surface area contributed by atoms with Gasteiger partial charge >= 0.3 is 0 Å². The Kier molecular flexibility index (Phi) is 5.77. The van der Waals surface area contributed by atoms with Gasteiger partial charge in [0.2, 0.25) is 0 Å². The van der Waals surface area contributed by atoms with E-state index in [9.17, 15) is 0 Å². The number of nitrogens with two attached hydrogens (primary N) is 1. The second-order valence-electron chi connectivity index (χ2n) is 6.30. The number of hydrogen-bond donors (Lipinski definition) is 1. The number of halogens is 1.